The summed E-state index contributed by atoms with van der Waals surface area (Å²) in [6.07, 6.45) is 0. The number of halogens is 1. The van der Waals surface area contributed by atoms with Crippen molar-refractivity contribution in [3.8, 4) is 11.1 Å². The topological polar surface area (TPSA) is 45.2 Å². The molecule has 3 rings (SSSR count). The first-order chi connectivity index (χ1) is 11.5. The van der Waals surface area contributed by atoms with Gasteiger partial charge in [-0.2, -0.15) is 0 Å². The lowest BCUT2D eigenvalue weighted by Crippen LogP contribution is -1.99. The van der Waals surface area contributed by atoms with E-state index in [-0.39, 0.29) is 11.6 Å². The number of rotatable bonds is 4. The van der Waals surface area contributed by atoms with E-state index in [9.17, 15) is 9.18 Å². The summed E-state index contributed by atoms with van der Waals surface area (Å²) in [7, 11) is 0. The molecule has 0 aliphatic rings. The van der Waals surface area contributed by atoms with Crippen molar-refractivity contribution in [2.24, 2.45) is 4.99 Å². The predicted molar refractivity (Wildman–Crippen MR) is 94.5 cm³/mol. The van der Waals surface area contributed by atoms with Crippen LogP contribution >= 0.6 is 11.3 Å². The fourth-order valence-electron chi connectivity index (χ4n) is 2.43. The van der Waals surface area contributed by atoms with E-state index in [0.717, 1.165) is 32.1 Å². The van der Waals surface area contributed by atoms with E-state index >= 15 is 0 Å². The second-order valence-electron chi connectivity index (χ2n) is 5.56. The molecule has 0 amide bonds. The van der Waals surface area contributed by atoms with E-state index in [4.69, 9.17) is 0 Å². The average Bonchev–Trinajstić information content (AvgIpc) is 2.95. The van der Waals surface area contributed by atoms with Crippen LogP contribution in [0.4, 0.5) is 4.39 Å². The zero-order valence-electron chi connectivity index (χ0n) is 13.5. The number of aromatic amines is 1. The Labute approximate surface area is 143 Å². The molecule has 5 heteroatoms. The van der Waals surface area contributed by atoms with Gasteiger partial charge in [0.15, 0.2) is 10.6 Å². The number of benzene rings is 2. The molecule has 0 saturated carbocycles. The van der Waals surface area contributed by atoms with Gasteiger partial charge in [-0.1, -0.05) is 47.7 Å². The van der Waals surface area contributed by atoms with E-state index in [1.165, 1.54) is 23.5 Å². The molecule has 1 heterocycles. The number of aromatic nitrogens is 1. The molecule has 0 bridgehead atoms. The normalized spacial score (nSPS) is 11.7. The lowest BCUT2D eigenvalue weighted by atomic mass is 10.0. The number of hydrogen-bond donors (Lipinski definition) is 1. The largest absolute Gasteiger partial charge is 0.334 e. The van der Waals surface area contributed by atoms with Crippen molar-refractivity contribution < 1.29 is 9.18 Å². The number of aryl methyl sites for hydroxylation is 1. The van der Waals surface area contributed by atoms with E-state index in [1.54, 1.807) is 19.1 Å². The van der Waals surface area contributed by atoms with Gasteiger partial charge in [-0.05, 0) is 35.7 Å². The Kier molecular flexibility index (Phi) is 4.71. The summed E-state index contributed by atoms with van der Waals surface area (Å²) >= 11 is 1.38. The number of carbonyl (C=O) groups excluding carboxylic acids is 1. The van der Waals surface area contributed by atoms with Crippen molar-refractivity contribution in [3.63, 3.8) is 0 Å². The van der Waals surface area contributed by atoms with E-state index in [2.05, 4.69) is 9.98 Å². The van der Waals surface area contributed by atoms with E-state index < -0.39 is 0 Å². The van der Waals surface area contributed by atoms with Crippen molar-refractivity contribution in [2.75, 3.05) is 0 Å². The van der Waals surface area contributed by atoms with Crippen LogP contribution in [-0.4, -0.2) is 10.8 Å². The van der Waals surface area contributed by atoms with Gasteiger partial charge in [0.2, 0.25) is 0 Å². The lowest BCUT2D eigenvalue weighted by Gasteiger charge is -2.03. The summed E-state index contributed by atoms with van der Waals surface area (Å²) in [6, 6.07) is 14.5. The minimum absolute atomic E-state index is 0.0545. The lowest BCUT2D eigenvalue weighted by molar-refractivity contribution is 0.102. The van der Waals surface area contributed by atoms with Crippen molar-refractivity contribution in [1.29, 1.82) is 0 Å². The number of carbonyl (C=O) groups is 1. The molecule has 0 radical (unpaired) electrons. The molecule has 122 valence electrons. The molecule has 1 aromatic heterocycles. The first kappa shape index (κ1) is 16.3. The van der Waals surface area contributed by atoms with Crippen molar-refractivity contribution in [3.05, 3.63) is 75.3 Å². The smallest absolute Gasteiger partial charge is 0.183 e. The quantitative estimate of drug-likeness (QED) is 0.699. The molecule has 0 aliphatic carbocycles. The third-order valence-electron chi connectivity index (χ3n) is 3.69. The fraction of sp³-hybridized carbons (Fsp3) is 0.158. The van der Waals surface area contributed by atoms with Crippen LogP contribution in [0.3, 0.4) is 0 Å². The maximum Gasteiger partial charge on any atom is 0.183 e. The first-order valence-electron chi connectivity index (χ1n) is 7.59. The standard InChI is InChI=1S/C19H17FN2OS/c1-12-18(13(2)23)24-19(22-12)21-11-14-3-5-15(6-4-14)16-7-9-17(20)10-8-16/h3-10H,11H2,1-2H3,(H,21,22). The Bertz CT molecular complexity index is 921. The van der Waals surface area contributed by atoms with Crippen LogP contribution in [0.15, 0.2) is 53.5 Å². The van der Waals surface area contributed by atoms with Gasteiger partial charge in [-0.3, -0.25) is 9.79 Å². The second-order valence-corrected chi connectivity index (χ2v) is 6.56. The van der Waals surface area contributed by atoms with Gasteiger partial charge in [0.1, 0.15) is 5.82 Å². The number of nitrogens with zero attached hydrogens (tertiary/aromatic N) is 1. The zero-order chi connectivity index (χ0) is 17.1. The van der Waals surface area contributed by atoms with Crippen LogP contribution in [-0.2, 0) is 6.54 Å². The Balaban J connectivity index is 1.77. The fourth-order valence-corrected chi connectivity index (χ4v) is 3.31. The highest BCUT2D eigenvalue weighted by Gasteiger charge is 2.06. The first-order valence-corrected chi connectivity index (χ1v) is 8.40. The van der Waals surface area contributed by atoms with E-state index in [0.29, 0.717) is 6.54 Å². The van der Waals surface area contributed by atoms with Crippen LogP contribution in [0.5, 0.6) is 0 Å². The Morgan fingerprint density at radius 1 is 1.08 bits per heavy atom. The number of nitrogens with one attached hydrogen (secondary N) is 1. The van der Waals surface area contributed by atoms with E-state index in [1.807, 2.05) is 31.2 Å². The van der Waals surface area contributed by atoms with Gasteiger partial charge in [0.25, 0.3) is 0 Å². The molecule has 0 spiro atoms. The SMILES string of the molecule is CC(=O)c1sc(=NCc2ccc(-c3ccc(F)cc3)cc2)[nH]c1C. The molecule has 0 saturated heterocycles. The third-order valence-corrected chi connectivity index (χ3v) is 4.91. The number of thiazole rings is 1. The number of Topliss-reactive ketones (excluding diaryl/α,β-unsaturated/α-hetero) is 1. The molecule has 24 heavy (non-hydrogen) atoms. The molecule has 3 aromatic rings. The average molecular weight is 340 g/mol. The van der Waals surface area contributed by atoms with Crippen molar-refractivity contribution in [2.45, 2.75) is 20.4 Å². The molecule has 3 nitrogen and oxygen atoms in total. The Hall–Kier alpha value is -2.53. The number of H-pyrrole nitrogens is 1. The molecule has 0 unspecified atom stereocenters. The Morgan fingerprint density at radius 2 is 1.67 bits per heavy atom. The van der Waals surface area contributed by atoms with Gasteiger partial charge in [0.05, 0.1) is 11.4 Å². The molecular weight excluding hydrogens is 323 g/mol. The maximum atomic E-state index is 13.0. The molecule has 1 N–H and O–H groups in total. The van der Waals surface area contributed by atoms with Gasteiger partial charge >= 0.3 is 0 Å². The van der Waals surface area contributed by atoms with Gasteiger partial charge in [-0.15, -0.1) is 0 Å². The van der Waals surface area contributed by atoms with Crippen molar-refractivity contribution in [1.82, 2.24) is 4.98 Å². The summed E-state index contributed by atoms with van der Waals surface area (Å²) in [5.41, 5.74) is 3.95. The third kappa shape index (κ3) is 3.68. The monoisotopic (exact) mass is 340 g/mol. The molecule has 2 aromatic carbocycles. The number of hydrogen-bond acceptors (Lipinski definition) is 3. The Morgan fingerprint density at radius 3 is 2.21 bits per heavy atom. The van der Waals surface area contributed by atoms with Crippen LogP contribution in [0.25, 0.3) is 11.1 Å². The van der Waals surface area contributed by atoms with Gasteiger partial charge in [-0.25, -0.2) is 4.39 Å². The second kappa shape index (κ2) is 6.93. The van der Waals surface area contributed by atoms with Gasteiger partial charge in [0, 0.05) is 12.6 Å². The van der Waals surface area contributed by atoms with Crippen LogP contribution in [0.1, 0.15) is 27.9 Å². The minimum Gasteiger partial charge on any atom is -0.334 e. The van der Waals surface area contributed by atoms with Gasteiger partial charge < -0.3 is 4.98 Å². The number of ketones is 1. The van der Waals surface area contributed by atoms with Crippen molar-refractivity contribution >= 4 is 17.1 Å². The zero-order valence-corrected chi connectivity index (χ0v) is 14.3. The van der Waals surface area contributed by atoms with Crippen LogP contribution < -0.4 is 4.80 Å². The molecular formula is C19H17FN2OS. The summed E-state index contributed by atoms with van der Waals surface area (Å²) in [4.78, 5) is 20.6. The summed E-state index contributed by atoms with van der Waals surface area (Å²) in [5, 5.41) is 0. The van der Waals surface area contributed by atoms with Crippen LogP contribution in [0.2, 0.25) is 0 Å². The highest BCUT2D eigenvalue weighted by Crippen LogP contribution is 2.20. The van der Waals surface area contributed by atoms with Crippen LogP contribution in [0, 0.1) is 12.7 Å². The predicted octanol–water partition coefficient (Wildman–Crippen LogP) is 4.49. The summed E-state index contributed by atoms with van der Waals surface area (Å²) in [5.74, 6) is -0.180. The molecule has 0 fully saturated rings. The highest BCUT2D eigenvalue weighted by molar-refractivity contribution is 7.11. The molecule has 0 aliphatic heterocycles. The minimum atomic E-state index is -0.235. The molecule has 0 atom stereocenters. The summed E-state index contributed by atoms with van der Waals surface area (Å²) < 4.78 is 13.0. The maximum absolute atomic E-state index is 13.0. The summed E-state index contributed by atoms with van der Waals surface area (Å²) in [6.45, 7) is 3.98. The highest BCUT2D eigenvalue weighted by atomic mass is 32.1.